The van der Waals surface area contributed by atoms with Crippen molar-refractivity contribution in [3.63, 3.8) is 0 Å². The number of nitrogens with zero attached hydrogens (tertiary/aromatic N) is 2. The lowest BCUT2D eigenvalue weighted by atomic mass is 9.96. The van der Waals surface area contributed by atoms with Gasteiger partial charge in [-0.05, 0) is 0 Å². The summed E-state index contributed by atoms with van der Waals surface area (Å²) in [4.78, 5) is 45.5. The van der Waals surface area contributed by atoms with E-state index in [-0.39, 0.29) is 12.4 Å². The Kier molecular flexibility index (Phi) is 9.31. The molecule has 1 aliphatic heterocycles. The average molecular weight is 412 g/mol. The summed E-state index contributed by atoms with van der Waals surface area (Å²) in [6.07, 6.45) is -5.53. The zero-order valence-electron chi connectivity index (χ0n) is 14.4. The van der Waals surface area contributed by atoms with Gasteiger partial charge < -0.3 is 36.0 Å². The van der Waals surface area contributed by atoms with Crippen molar-refractivity contribution in [3.8, 4) is 0 Å². The van der Waals surface area contributed by atoms with Crippen LogP contribution < -0.4 is 16.0 Å². The lowest BCUT2D eigenvalue weighted by Crippen LogP contribution is -2.68. The smallest absolute Gasteiger partial charge is 0.340 e. The van der Waals surface area contributed by atoms with Crippen LogP contribution in [0.1, 0.15) is 6.92 Å². The third-order valence-corrected chi connectivity index (χ3v) is 3.80. The minimum atomic E-state index is -1.53. The molecule has 0 aliphatic carbocycles. The maximum atomic E-state index is 12.0. The fraction of sp³-hybridized carbons (Fsp3) is 0.769. The van der Waals surface area contributed by atoms with Gasteiger partial charge in [0.15, 0.2) is 6.23 Å². The highest BCUT2D eigenvalue weighted by molar-refractivity contribution is 6.18. The molecule has 0 aromatic rings. The number of rotatable bonds is 8. The molecule has 154 valence electrons. The molecule has 6 N–H and O–H groups in total. The number of amides is 4. The average Bonchev–Trinajstić information content (AvgIpc) is 2.63. The molecule has 0 saturated carbocycles. The molecule has 14 heteroatoms. The molecule has 0 aromatic carbocycles. The molecule has 0 spiro atoms. The van der Waals surface area contributed by atoms with E-state index in [0.29, 0.717) is 5.01 Å². The number of nitroso groups, excluding NO2 is 1. The largest absolute Gasteiger partial charge is 0.394 e. The number of carbonyl (C=O) groups excluding carboxylic acids is 3. The monoisotopic (exact) mass is 411 g/mol. The molecule has 13 nitrogen and oxygen atoms in total. The third kappa shape index (κ3) is 6.55. The quantitative estimate of drug-likeness (QED) is 0.138. The standard InChI is InChI=1S/C13H22ClN5O8/c1-6(21)16-9-11(24)10(23)7(5-20)27-12(9)17-8(22)4-15-13(25)19(18-26)3-2-14/h7,9-12,20,23-24H,2-5H2,1H3,(H,15,25)(H,16,21)(H,17,22)/t7-,9-,10-,11-,12-/m1/s1. The third-order valence-electron chi connectivity index (χ3n) is 3.63. The number of aliphatic hydroxyl groups is 3. The van der Waals surface area contributed by atoms with Crippen molar-refractivity contribution < 1.29 is 34.4 Å². The van der Waals surface area contributed by atoms with E-state index < -0.39 is 61.6 Å². The predicted octanol–water partition coefficient (Wildman–Crippen LogP) is -3.02. The fourth-order valence-corrected chi connectivity index (χ4v) is 2.51. The van der Waals surface area contributed by atoms with Crippen molar-refractivity contribution in [3.05, 3.63) is 4.91 Å². The van der Waals surface area contributed by atoms with Gasteiger partial charge >= 0.3 is 6.03 Å². The maximum Gasteiger partial charge on any atom is 0.340 e. The molecular formula is C13H22ClN5O8. The molecule has 0 aromatic heterocycles. The number of hydrogen-bond acceptors (Lipinski definition) is 9. The summed E-state index contributed by atoms with van der Waals surface area (Å²) in [5.74, 6) is -1.39. The first-order valence-corrected chi connectivity index (χ1v) is 8.42. The zero-order valence-corrected chi connectivity index (χ0v) is 15.1. The van der Waals surface area contributed by atoms with E-state index in [0.717, 1.165) is 6.92 Å². The van der Waals surface area contributed by atoms with E-state index in [1.54, 1.807) is 0 Å². The molecule has 0 radical (unpaired) electrons. The van der Waals surface area contributed by atoms with Gasteiger partial charge in [-0.25, -0.2) is 4.79 Å². The summed E-state index contributed by atoms with van der Waals surface area (Å²) in [6.45, 7) is -0.222. The van der Waals surface area contributed by atoms with Crippen LogP contribution in [0.4, 0.5) is 4.79 Å². The zero-order chi connectivity index (χ0) is 20.6. The van der Waals surface area contributed by atoms with Crippen LogP contribution >= 0.6 is 11.6 Å². The number of ether oxygens (including phenoxy) is 1. The van der Waals surface area contributed by atoms with Gasteiger partial charge in [-0.15, -0.1) is 16.5 Å². The van der Waals surface area contributed by atoms with Gasteiger partial charge in [0.05, 0.1) is 25.0 Å². The Labute approximate surface area is 158 Å². The SMILES string of the molecule is CC(=O)N[C@@H]1[C@@H](O)[C@H](O)[C@@H](CO)O[C@H]1NC(=O)CNC(=O)N(CCCl)N=O. The number of urea groups is 1. The van der Waals surface area contributed by atoms with Crippen molar-refractivity contribution in [1.29, 1.82) is 0 Å². The number of aliphatic hydroxyl groups excluding tert-OH is 3. The molecule has 0 unspecified atom stereocenters. The summed E-state index contributed by atoms with van der Waals surface area (Å²) in [5.41, 5.74) is 0. The van der Waals surface area contributed by atoms with Crippen LogP contribution in [-0.2, 0) is 14.3 Å². The molecular weight excluding hydrogens is 390 g/mol. The Bertz CT molecular complexity index is 553. The van der Waals surface area contributed by atoms with Gasteiger partial charge in [0, 0.05) is 12.8 Å². The van der Waals surface area contributed by atoms with E-state index in [1.165, 1.54) is 0 Å². The second-order valence-electron chi connectivity index (χ2n) is 5.61. The highest BCUT2D eigenvalue weighted by Gasteiger charge is 2.45. The van der Waals surface area contributed by atoms with Crippen LogP contribution in [0.25, 0.3) is 0 Å². The Morgan fingerprint density at radius 2 is 1.89 bits per heavy atom. The number of carbonyl (C=O) groups is 3. The van der Waals surface area contributed by atoms with Crippen LogP contribution in [0, 0.1) is 4.91 Å². The second-order valence-corrected chi connectivity index (χ2v) is 5.98. The van der Waals surface area contributed by atoms with E-state index in [4.69, 9.17) is 16.3 Å². The predicted molar refractivity (Wildman–Crippen MR) is 90.1 cm³/mol. The fourth-order valence-electron chi connectivity index (χ4n) is 2.35. The minimum Gasteiger partial charge on any atom is -0.394 e. The number of hydrogen-bond donors (Lipinski definition) is 6. The topological polar surface area (TPSA) is 190 Å². The number of nitrogens with one attached hydrogen (secondary N) is 3. The normalized spacial score (nSPS) is 27.4. The van der Waals surface area contributed by atoms with Crippen molar-refractivity contribution >= 4 is 29.4 Å². The molecule has 4 amide bonds. The maximum absolute atomic E-state index is 12.0. The van der Waals surface area contributed by atoms with Gasteiger partial charge in [-0.1, -0.05) is 0 Å². The van der Waals surface area contributed by atoms with Gasteiger partial charge in [-0.2, -0.15) is 5.01 Å². The summed E-state index contributed by atoms with van der Waals surface area (Å²) in [7, 11) is 0. The molecule has 1 aliphatic rings. The number of alkyl halides is 1. The molecule has 1 rings (SSSR count). The molecule has 1 fully saturated rings. The van der Waals surface area contributed by atoms with Crippen molar-refractivity contribution in [2.75, 3.05) is 25.6 Å². The van der Waals surface area contributed by atoms with Gasteiger partial charge in [0.2, 0.25) is 11.8 Å². The highest BCUT2D eigenvalue weighted by atomic mass is 35.5. The van der Waals surface area contributed by atoms with Crippen LogP contribution in [0.5, 0.6) is 0 Å². The van der Waals surface area contributed by atoms with Crippen molar-refractivity contribution in [2.45, 2.75) is 37.5 Å². The van der Waals surface area contributed by atoms with Crippen LogP contribution in [0.15, 0.2) is 5.29 Å². The van der Waals surface area contributed by atoms with Gasteiger partial charge in [-0.3, -0.25) is 9.59 Å². The van der Waals surface area contributed by atoms with Gasteiger partial charge in [0.1, 0.15) is 24.4 Å². The lowest BCUT2D eigenvalue weighted by Gasteiger charge is -2.42. The van der Waals surface area contributed by atoms with Crippen molar-refractivity contribution in [2.24, 2.45) is 5.29 Å². The first-order valence-electron chi connectivity index (χ1n) is 7.88. The van der Waals surface area contributed by atoms with Crippen molar-refractivity contribution in [1.82, 2.24) is 21.0 Å². The first-order chi connectivity index (χ1) is 12.7. The minimum absolute atomic E-state index is 0.0393. The summed E-state index contributed by atoms with van der Waals surface area (Å²) < 4.78 is 5.30. The van der Waals surface area contributed by atoms with E-state index >= 15 is 0 Å². The Balaban J connectivity index is 2.71. The molecule has 1 heterocycles. The van der Waals surface area contributed by atoms with E-state index in [2.05, 4.69) is 21.2 Å². The number of halogens is 1. The van der Waals surface area contributed by atoms with E-state index in [9.17, 15) is 34.6 Å². The lowest BCUT2D eigenvalue weighted by molar-refractivity contribution is -0.203. The summed E-state index contributed by atoms with van der Waals surface area (Å²) in [5, 5.41) is 38.9. The van der Waals surface area contributed by atoms with Crippen LogP contribution in [-0.4, -0.2) is 94.3 Å². The second kappa shape index (κ2) is 10.9. The summed E-state index contributed by atoms with van der Waals surface area (Å²) >= 11 is 5.41. The van der Waals surface area contributed by atoms with Gasteiger partial charge in [0.25, 0.3) is 0 Å². The first kappa shape index (κ1) is 23.0. The Hall–Kier alpha value is -2.06. The Morgan fingerprint density at radius 1 is 1.22 bits per heavy atom. The molecule has 5 atom stereocenters. The Morgan fingerprint density at radius 3 is 2.41 bits per heavy atom. The van der Waals surface area contributed by atoms with Crippen LogP contribution in [0.3, 0.4) is 0 Å². The van der Waals surface area contributed by atoms with E-state index in [1.807, 2.05) is 0 Å². The summed E-state index contributed by atoms with van der Waals surface area (Å²) in [6, 6.07) is -2.16. The molecule has 27 heavy (non-hydrogen) atoms. The van der Waals surface area contributed by atoms with Crippen LogP contribution in [0.2, 0.25) is 0 Å². The molecule has 1 saturated heterocycles. The molecule has 0 bridgehead atoms. The highest BCUT2D eigenvalue weighted by Crippen LogP contribution is 2.19.